The first kappa shape index (κ1) is 21.0. The van der Waals surface area contributed by atoms with Crippen LogP contribution < -0.4 is 20.7 Å². The van der Waals surface area contributed by atoms with Gasteiger partial charge in [-0.15, -0.1) is 0 Å². The normalized spacial score (nSPS) is 18.5. The van der Waals surface area contributed by atoms with Crippen LogP contribution >= 0.6 is 11.8 Å². The highest BCUT2D eigenvalue weighted by atomic mass is 32.2. The standard InChI is InChI=1S/C20H19F2N5O3S/c1-11(19(23)29)24-12-2-3-13-15(8-12)30-6-5-26-9-16(25-20(13)26)27-14(18(21)22)4-7-31-17(27)10-28/h2-4,7-9,11,14,18,24H,5-6H2,1H3,(H2,23,29)/t11-,14-/m0/s1. The molecule has 11 heteroatoms. The third kappa shape index (κ3) is 4.01. The topological polar surface area (TPSA) is 102 Å². The first-order valence-corrected chi connectivity index (χ1v) is 10.3. The molecule has 0 radical (unpaired) electrons. The summed E-state index contributed by atoms with van der Waals surface area (Å²) in [5.41, 5.74) is 6.60. The number of thioether (sulfide) groups is 1. The molecule has 0 bridgehead atoms. The summed E-state index contributed by atoms with van der Waals surface area (Å²) in [5, 5.41) is 4.48. The number of imidazole rings is 1. The summed E-state index contributed by atoms with van der Waals surface area (Å²) in [6.07, 6.45) is 0.260. The van der Waals surface area contributed by atoms with Gasteiger partial charge in [-0.3, -0.25) is 9.69 Å². The molecule has 162 valence electrons. The summed E-state index contributed by atoms with van der Waals surface area (Å²) in [4.78, 5) is 28.5. The van der Waals surface area contributed by atoms with E-state index in [9.17, 15) is 18.4 Å². The largest absolute Gasteiger partial charge is 0.491 e. The number of nitrogens with zero attached hydrogens (tertiary/aromatic N) is 3. The Hall–Kier alpha value is -3.30. The monoisotopic (exact) mass is 447 g/mol. The van der Waals surface area contributed by atoms with Crippen LogP contribution in [0.2, 0.25) is 0 Å². The summed E-state index contributed by atoms with van der Waals surface area (Å²) < 4.78 is 34.9. The third-order valence-corrected chi connectivity index (χ3v) is 5.75. The molecule has 2 aliphatic heterocycles. The summed E-state index contributed by atoms with van der Waals surface area (Å²) in [7, 11) is 0. The van der Waals surface area contributed by atoms with Crippen molar-refractivity contribution < 1.29 is 23.1 Å². The fraction of sp³-hybridized carbons (Fsp3) is 0.300. The summed E-state index contributed by atoms with van der Waals surface area (Å²) in [5.74, 6) is 2.53. The van der Waals surface area contributed by atoms with Crippen LogP contribution in [0.1, 0.15) is 6.92 Å². The van der Waals surface area contributed by atoms with Crippen LogP contribution in [-0.2, 0) is 16.1 Å². The van der Waals surface area contributed by atoms with Gasteiger partial charge in [-0.05, 0) is 30.5 Å². The number of anilines is 2. The number of hydrogen-bond donors (Lipinski definition) is 2. The summed E-state index contributed by atoms with van der Waals surface area (Å²) in [6.45, 7) is 2.41. The number of benzene rings is 1. The minimum Gasteiger partial charge on any atom is -0.491 e. The summed E-state index contributed by atoms with van der Waals surface area (Å²) in [6, 6.07) is 3.38. The Labute approximate surface area is 180 Å². The Morgan fingerprint density at radius 2 is 2.26 bits per heavy atom. The number of fused-ring (bicyclic) bond motifs is 3. The predicted octanol–water partition coefficient (Wildman–Crippen LogP) is 2.60. The Morgan fingerprint density at radius 1 is 1.45 bits per heavy atom. The molecular weight excluding hydrogens is 428 g/mol. The highest BCUT2D eigenvalue weighted by Gasteiger charge is 2.34. The number of halogens is 2. The minimum absolute atomic E-state index is 0.0255. The molecule has 2 aliphatic rings. The fourth-order valence-electron chi connectivity index (χ4n) is 3.38. The lowest BCUT2D eigenvalue weighted by Gasteiger charge is -2.31. The zero-order valence-corrected chi connectivity index (χ0v) is 17.2. The van der Waals surface area contributed by atoms with Gasteiger partial charge >= 0.3 is 0 Å². The average Bonchev–Trinajstić information content (AvgIpc) is 3.09. The lowest BCUT2D eigenvalue weighted by molar-refractivity contribution is -0.118. The molecular formula is C20H19F2N5O3S. The summed E-state index contributed by atoms with van der Waals surface area (Å²) >= 11 is 1.02. The molecule has 0 spiro atoms. The third-order valence-electron chi connectivity index (χ3n) is 4.95. The van der Waals surface area contributed by atoms with E-state index in [4.69, 9.17) is 10.5 Å². The Kier molecular flexibility index (Phi) is 5.71. The van der Waals surface area contributed by atoms with Gasteiger partial charge in [0.1, 0.15) is 30.3 Å². The van der Waals surface area contributed by atoms with Crippen molar-refractivity contribution in [3.8, 4) is 17.1 Å². The van der Waals surface area contributed by atoms with Crippen LogP contribution in [0.4, 0.5) is 20.3 Å². The van der Waals surface area contributed by atoms with Gasteiger partial charge in [-0.2, -0.15) is 0 Å². The quantitative estimate of drug-likeness (QED) is 0.680. The van der Waals surface area contributed by atoms with Crippen molar-refractivity contribution in [2.24, 2.45) is 5.73 Å². The van der Waals surface area contributed by atoms with E-state index < -0.39 is 24.4 Å². The van der Waals surface area contributed by atoms with E-state index in [-0.39, 0.29) is 10.8 Å². The van der Waals surface area contributed by atoms with Gasteiger partial charge in [-0.1, -0.05) is 11.8 Å². The SMILES string of the molecule is C[C@H](Nc1ccc2c(c1)OCCn1cc(N3C(=C=O)SC=C[C@H]3C(F)F)nc1-2)C(N)=O. The lowest BCUT2D eigenvalue weighted by Crippen LogP contribution is -2.39. The number of primary amides is 1. The first-order valence-electron chi connectivity index (χ1n) is 9.45. The molecule has 1 aromatic heterocycles. The Morgan fingerprint density at radius 3 is 2.97 bits per heavy atom. The number of nitrogens with two attached hydrogens (primary N) is 1. The number of aromatic nitrogens is 2. The van der Waals surface area contributed by atoms with Crippen molar-refractivity contribution in [3.63, 3.8) is 0 Å². The molecule has 1 amide bonds. The zero-order chi connectivity index (χ0) is 22.1. The number of rotatable bonds is 5. The van der Waals surface area contributed by atoms with Crippen LogP contribution in [0, 0.1) is 0 Å². The molecule has 0 saturated carbocycles. The molecule has 1 aromatic carbocycles. The van der Waals surface area contributed by atoms with Gasteiger partial charge in [0.15, 0.2) is 16.8 Å². The molecule has 3 N–H and O–H groups in total. The maximum atomic E-state index is 13.6. The van der Waals surface area contributed by atoms with Crippen molar-refractivity contribution >= 4 is 35.1 Å². The highest BCUT2D eigenvalue weighted by molar-refractivity contribution is 8.06. The molecule has 0 fully saturated rings. The maximum Gasteiger partial charge on any atom is 0.262 e. The van der Waals surface area contributed by atoms with Gasteiger partial charge in [0.05, 0.1) is 12.1 Å². The van der Waals surface area contributed by atoms with Gasteiger partial charge in [-0.25, -0.2) is 18.6 Å². The van der Waals surface area contributed by atoms with E-state index >= 15 is 0 Å². The van der Waals surface area contributed by atoms with E-state index in [2.05, 4.69) is 10.3 Å². The first-order chi connectivity index (χ1) is 14.9. The van der Waals surface area contributed by atoms with Crippen molar-refractivity contribution in [2.45, 2.75) is 32.0 Å². The second kappa shape index (κ2) is 8.44. The number of alkyl halides is 2. The van der Waals surface area contributed by atoms with E-state index in [1.165, 1.54) is 16.4 Å². The van der Waals surface area contributed by atoms with Crippen molar-refractivity contribution in [1.29, 1.82) is 0 Å². The molecule has 31 heavy (non-hydrogen) atoms. The smallest absolute Gasteiger partial charge is 0.262 e. The Balaban J connectivity index is 1.73. The van der Waals surface area contributed by atoms with Gasteiger partial charge in [0, 0.05) is 18.0 Å². The van der Waals surface area contributed by atoms with E-state index in [1.54, 1.807) is 41.8 Å². The van der Waals surface area contributed by atoms with Crippen LogP contribution in [0.25, 0.3) is 11.4 Å². The van der Waals surface area contributed by atoms with E-state index in [0.717, 1.165) is 11.8 Å². The van der Waals surface area contributed by atoms with E-state index in [1.807, 2.05) is 0 Å². The molecule has 0 unspecified atom stereocenters. The maximum absolute atomic E-state index is 13.6. The average molecular weight is 447 g/mol. The number of carbonyl (C=O) groups is 1. The minimum atomic E-state index is -2.71. The van der Waals surface area contributed by atoms with Gasteiger partial charge in [0.2, 0.25) is 5.91 Å². The molecule has 2 atom stereocenters. The molecule has 3 heterocycles. The van der Waals surface area contributed by atoms with Gasteiger partial charge in [0.25, 0.3) is 6.43 Å². The molecule has 0 saturated heterocycles. The predicted molar refractivity (Wildman–Crippen MR) is 114 cm³/mol. The van der Waals surface area contributed by atoms with Gasteiger partial charge < -0.3 is 20.4 Å². The van der Waals surface area contributed by atoms with Crippen LogP contribution in [0.3, 0.4) is 0 Å². The second-order valence-electron chi connectivity index (χ2n) is 6.99. The second-order valence-corrected chi connectivity index (χ2v) is 7.89. The van der Waals surface area contributed by atoms with Crippen molar-refractivity contribution in [1.82, 2.24) is 9.55 Å². The number of ether oxygens (including phenoxy) is 1. The number of nitrogens with one attached hydrogen (secondary N) is 1. The van der Waals surface area contributed by atoms with E-state index in [0.29, 0.717) is 36.0 Å². The van der Waals surface area contributed by atoms with Crippen molar-refractivity contribution in [3.05, 3.63) is 40.9 Å². The van der Waals surface area contributed by atoms with Crippen LogP contribution in [-0.4, -0.2) is 46.5 Å². The number of amides is 1. The van der Waals surface area contributed by atoms with Crippen molar-refractivity contribution in [2.75, 3.05) is 16.8 Å². The highest BCUT2D eigenvalue weighted by Crippen LogP contribution is 2.39. The molecule has 2 aromatic rings. The van der Waals surface area contributed by atoms with Crippen LogP contribution in [0.15, 0.2) is 40.9 Å². The fourth-order valence-corrected chi connectivity index (χ4v) is 4.13. The lowest BCUT2D eigenvalue weighted by atomic mass is 10.1. The Bertz CT molecular complexity index is 1100. The molecule has 4 rings (SSSR count). The molecule has 8 nitrogen and oxygen atoms in total. The number of carbonyl (C=O) groups excluding carboxylic acids is 2. The zero-order valence-electron chi connectivity index (χ0n) is 16.4. The number of hydrogen-bond acceptors (Lipinski definition) is 7. The van der Waals surface area contributed by atoms with Crippen LogP contribution in [0.5, 0.6) is 5.75 Å². The molecule has 0 aliphatic carbocycles.